The molecule has 6 heteroatoms. The molecule has 14 rings (SSSR count). The van der Waals surface area contributed by atoms with Crippen molar-refractivity contribution in [2.45, 2.75) is 11.1 Å². The van der Waals surface area contributed by atoms with Crippen LogP contribution >= 0.6 is 0 Å². The monoisotopic (exact) mass is 951 g/mol. The predicted molar refractivity (Wildman–Crippen MR) is 239 cm³/mol. The van der Waals surface area contributed by atoms with Gasteiger partial charge in [0.15, 0.2) is 0 Å². The van der Waals surface area contributed by atoms with Crippen LogP contribution in [-0.2, 0) is 28.7 Å². The molecule has 0 amide bonds. The summed E-state index contributed by atoms with van der Waals surface area (Å²) in [4.78, 5) is 10.9. The van der Waals surface area contributed by atoms with Gasteiger partial charge in [-0.25, -0.2) is 0 Å². The Morgan fingerprint density at radius 2 is 0.717 bits per heavy atom. The molecule has 2 aliphatic carbocycles. The Bertz CT molecular complexity index is 2950. The molecule has 0 radical (unpaired) electrons. The molecule has 0 aromatic heterocycles. The van der Waals surface area contributed by atoms with Gasteiger partial charge in [0.1, 0.15) is 0 Å². The van der Waals surface area contributed by atoms with Crippen LogP contribution < -0.4 is 24.3 Å². The molecule has 5 nitrogen and oxygen atoms in total. The summed E-state index contributed by atoms with van der Waals surface area (Å²) in [5.74, 6) is 1.64. The molecule has 0 saturated carbocycles. The van der Waals surface area contributed by atoms with Crippen molar-refractivity contribution in [3.8, 4) is 33.8 Å². The summed E-state index contributed by atoms with van der Waals surface area (Å²) in [7, 11) is 0. The Balaban J connectivity index is 1.20. The van der Waals surface area contributed by atoms with Crippen molar-refractivity contribution in [3.05, 3.63) is 228 Å². The third-order valence-electron chi connectivity index (χ3n) is 13.5. The van der Waals surface area contributed by atoms with Gasteiger partial charge in [0.2, 0.25) is 0 Å². The molecule has 0 fully saturated rings. The van der Waals surface area contributed by atoms with Gasteiger partial charge in [-0.15, -0.1) is 0 Å². The molecule has 6 aliphatic rings. The second-order valence-corrected chi connectivity index (χ2v) is 18.9. The fraction of sp³-hybridized carbons (Fsp3) is 0.0741. The molecule has 0 unspecified atom stereocenters. The van der Waals surface area contributed by atoms with E-state index < -0.39 is 28.7 Å². The second-order valence-electron chi connectivity index (χ2n) is 16.3. The molecule has 8 aromatic carbocycles. The molecule has 8 aromatic rings. The number of hydrogen-bond acceptors (Lipinski definition) is 5. The minimum atomic E-state index is -0.927. The van der Waals surface area contributed by atoms with Crippen molar-refractivity contribution in [3.63, 3.8) is 0 Å². The van der Waals surface area contributed by atoms with E-state index in [-0.39, 0.29) is 0 Å². The zero-order chi connectivity index (χ0) is 39.2. The van der Waals surface area contributed by atoms with Crippen LogP contribution in [-0.4, -0.2) is 21.4 Å². The van der Waals surface area contributed by atoms with Crippen LogP contribution in [0.2, 0.25) is 0 Å². The number of fused-ring (bicyclic) bond motifs is 24. The van der Waals surface area contributed by atoms with Crippen LogP contribution in [0, 0.1) is 0 Å². The number of anilines is 4. The standard InChI is InChI=1S/C54H36N4O.Pt/c1-5-23-45-41(19-1)42-20-2-6-24-46(42)53(45)37-15-13-17-39(33-37)59-40-18-14-16-38(34-40)54(47-25-7-3-21-43(47)44-22-4-8-26-48(44)54)58-36-56(50-28-10-12-30-52(50)58)32-31-55-35-57(53)51-29-11-9-27-49(51)55;/h1-30,33-34H,31-32H2;. The van der Waals surface area contributed by atoms with Crippen LogP contribution in [0.25, 0.3) is 22.3 Å². The quantitative estimate of drug-likeness (QED) is 0.151. The number of ether oxygens (including phenoxy) is 1. The maximum atomic E-state index is 7.11. The number of rotatable bonds is 0. The zero-order valence-corrected chi connectivity index (χ0v) is 34.7. The van der Waals surface area contributed by atoms with Crippen molar-refractivity contribution in [1.29, 1.82) is 0 Å². The first kappa shape index (κ1) is 33.1. The number of benzene rings is 8. The Kier molecular flexibility index (Phi) is 6.56. The number of para-hydroxylation sites is 4. The summed E-state index contributed by atoms with van der Waals surface area (Å²) in [5.41, 5.74) is 16.3. The average molecular weight is 952 g/mol. The van der Waals surface area contributed by atoms with E-state index in [1.165, 1.54) is 86.7 Å². The summed E-state index contributed by atoms with van der Waals surface area (Å²) in [6.45, 7) is 1.71. The van der Waals surface area contributed by atoms with Crippen molar-refractivity contribution < 1.29 is 22.4 Å². The molecule has 0 atom stereocenters. The van der Waals surface area contributed by atoms with Crippen molar-refractivity contribution >= 4 is 31.0 Å². The number of hydrogen-bond donors (Lipinski definition) is 0. The van der Waals surface area contributed by atoms with E-state index >= 15 is 0 Å². The van der Waals surface area contributed by atoms with Crippen LogP contribution in [0.3, 0.4) is 0 Å². The van der Waals surface area contributed by atoms with Gasteiger partial charge in [-0.05, 0) is 0 Å². The first-order valence-electron chi connectivity index (χ1n) is 20.7. The molecular weight excluding hydrogens is 916 g/mol. The fourth-order valence-corrected chi connectivity index (χ4v) is 15.3. The molecule has 4 aliphatic heterocycles. The first-order chi connectivity index (χ1) is 29.8. The van der Waals surface area contributed by atoms with Gasteiger partial charge in [0.05, 0.1) is 0 Å². The van der Waals surface area contributed by atoms with E-state index in [2.05, 4.69) is 214 Å². The van der Waals surface area contributed by atoms with E-state index in [0.29, 0.717) is 0 Å². The van der Waals surface area contributed by atoms with Crippen molar-refractivity contribution in [2.75, 3.05) is 32.7 Å². The fourth-order valence-electron chi connectivity index (χ4n) is 11.3. The van der Waals surface area contributed by atoms with E-state index in [1.54, 1.807) is 0 Å². The molecule has 0 N–H and O–H groups in total. The topological polar surface area (TPSA) is 22.2 Å². The molecular formula is C54H36N4OPt. The van der Waals surface area contributed by atoms with E-state index in [1.807, 2.05) is 0 Å². The van der Waals surface area contributed by atoms with Gasteiger partial charge >= 0.3 is 358 Å². The SMILES string of the molecule is c1cc2cc(c1)C1(c3ccccc3-c3ccccc31)N1[C]3=[Pt]=[C]4N(CCN3c3ccccc31)c1ccccc1N4C1(c3cccc(c3)O2)c2ccccc2-c2ccccc21. The average Bonchev–Trinajstić information content (AvgIpc) is 3.94. The molecule has 2 spiro atoms. The van der Waals surface area contributed by atoms with E-state index in [0.717, 1.165) is 24.6 Å². The normalized spacial score (nSPS) is 17.5. The van der Waals surface area contributed by atoms with Gasteiger partial charge < -0.3 is 0 Å². The van der Waals surface area contributed by atoms with Gasteiger partial charge in [0, 0.05) is 0 Å². The molecule has 288 valence electrons. The maximum absolute atomic E-state index is 7.11. The van der Waals surface area contributed by atoms with Gasteiger partial charge in [-0.2, -0.15) is 0 Å². The molecule has 4 heterocycles. The van der Waals surface area contributed by atoms with Crippen LogP contribution in [0.15, 0.2) is 194 Å². The summed E-state index contributed by atoms with van der Waals surface area (Å²) in [6.07, 6.45) is 0. The third-order valence-corrected chi connectivity index (χ3v) is 16.8. The van der Waals surface area contributed by atoms with Crippen LogP contribution in [0.1, 0.15) is 33.4 Å². The van der Waals surface area contributed by atoms with E-state index in [9.17, 15) is 0 Å². The summed E-state index contributed by atoms with van der Waals surface area (Å²) in [6, 6.07) is 72.6. The molecule has 60 heavy (non-hydrogen) atoms. The zero-order valence-electron chi connectivity index (χ0n) is 32.4. The summed E-state index contributed by atoms with van der Waals surface area (Å²) in [5, 5.41) is 0. The third kappa shape index (κ3) is 3.97. The van der Waals surface area contributed by atoms with E-state index in [4.69, 9.17) is 4.74 Å². The second kappa shape index (κ2) is 11.9. The summed E-state index contributed by atoms with van der Waals surface area (Å²) >= 11 is -0.927. The molecule has 6 bridgehead atoms. The van der Waals surface area contributed by atoms with Gasteiger partial charge in [-0.1, -0.05) is 0 Å². The Morgan fingerprint density at radius 1 is 0.367 bits per heavy atom. The van der Waals surface area contributed by atoms with Gasteiger partial charge in [-0.3, -0.25) is 0 Å². The summed E-state index contributed by atoms with van der Waals surface area (Å²) < 4.78 is 9.87. The predicted octanol–water partition coefficient (Wildman–Crippen LogP) is 11.0. The minimum absolute atomic E-state index is 0.686. The van der Waals surface area contributed by atoms with Crippen LogP contribution in [0.4, 0.5) is 22.7 Å². The Labute approximate surface area is 356 Å². The van der Waals surface area contributed by atoms with Crippen molar-refractivity contribution in [1.82, 2.24) is 0 Å². The molecule has 0 saturated heterocycles. The van der Waals surface area contributed by atoms with Crippen LogP contribution in [0.5, 0.6) is 11.5 Å². The Hall–Kier alpha value is -6.81. The first-order valence-corrected chi connectivity index (χ1v) is 23.0. The van der Waals surface area contributed by atoms with Gasteiger partial charge in [0.25, 0.3) is 0 Å². The Morgan fingerprint density at radius 3 is 1.12 bits per heavy atom. The number of nitrogens with zero attached hydrogens (tertiary/aromatic N) is 4. The van der Waals surface area contributed by atoms with Crippen molar-refractivity contribution in [2.24, 2.45) is 0 Å².